The van der Waals surface area contributed by atoms with Crippen molar-refractivity contribution >= 4 is 39.5 Å². The van der Waals surface area contributed by atoms with Gasteiger partial charge in [0.15, 0.2) is 0 Å². The molecule has 0 aliphatic heterocycles. The van der Waals surface area contributed by atoms with Crippen LogP contribution in [0.2, 0.25) is 0 Å². The number of carbonyl (C=O) groups is 4. The molecule has 0 saturated heterocycles. The summed E-state index contributed by atoms with van der Waals surface area (Å²) in [6, 6.07) is -1.68. The second kappa shape index (κ2) is 42.5. The topological polar surface area (TPSA) is 211 Å². The van der Waals surface area contributed by atoms with E-state index in [1.807, 2.05) is 0 Å². The van der Waals surface area contributed by atoms with Crippen LogP contribution in [0.4, 0.5) is 0 Å². The minimum atomic E-state index is -5.37. The molecule has 17 heteroatoms. The molecule has 0 aromatic heterocycles. The average molecular weight is 884 g/mol. The van der Waals surface area contributed by atoms with Crippen molar-refractivity contribution < 1.29 is 115 Å². The van der Waals surface area contributed by atoms with Gasteiger partial charge in [0.2, 0.25) is 0 Å². The summed E-state index contributed by atoms with van der Waals surface area (Å²) in [5, 5.41) is 0. The summed E-state index contributed by atoms with van der Waals surface area (Å²) in [5.74, 6) is -4.99. The molecule has 2 N–H and O–H groups in total. The Labute approximate surface area is 395 Å². The molecular weight excluding hydrogens is 806 g/mol. The standard InChI is InChI=1S/C41H79NO12P2.2Na/c1-3-5-7-9-11-13-15-17-19-21-23-25-27-29-31-33-38(43)51-55(47,48)53-40(45)36-35-37(42)41(46)54-56(49,50)52-39(44)34-32-30-28-26-24-22-20-18-16-14-12-10-8-6-4-2;;/h37H,3-36,42H2,1-2H3,(H,47,48)(H,49,50);;/q;2*+1/p-2/t37-;;/m0../s1. The molecular formula is C41H77NNa2O12P2. The van der Waals surface area contributed by atoms with E-state index in [1.165, 1.54) is 128 Å². The van der Waals surface area contributed by atoms with E-state index in [1.54, 1.807) is 0 Å². The van der Waals surface area contributed by atoms with Gasteiger partial charge in [-0.3, -0.25) is 19.2 Å². The second-order valence-corrected chi connectivity index (χ2v) is 17.8. The Morgan fingerprint density at radius 2 is 0.638 bits per heavy atom. The number of phosphoric ester groups is 2. The van der Waals surface area contributed by atoms with Gasteiger partial charge in [0.1, 0.15) is 6.04 Å². The molecule has 0 aromatic rings. The van der Waals surface area contributed by atoms with Gasteiger partial charge in [-0.2, -0.15) is 0 Å². The molecule has 0 heterocycles. The van der Waals surface area contributed by atoms with Crippen LogP contribution in [0.25, 0.3) is 0 Å². The number of carbonyl (C=O) groups excluding carboxylic acids is 4. The van der Waals surface area contributed by atoms with E-state index in [0.29, 0.717) is 12.8 Å². The van der Waals surface area contributed by atoms with Crippen molar-refractivity contribution in [2.75, 3.05) is 0 Å². The fourth-order valence-corrected chi connectivity index (χ4v) is 7.85. The minimum Gasteiger partial charge on any atom is -0.736 e. The third kappa shape index (κ3) is 42.9. The molecule has 58 heavy (non-hydrogen) atoms. The van der Waals surface area contributed by atoms with E-state index in [4.69, 9.17) is 5.73 Å². The molecule has 0 aromatic carbocycles. The third-order valence-electron chi connectivity index (χ3n) is 9.77. The molecule has 0 radical (unpaired) electrons. The van der Waals surface area contributed by atoms with Gasteiger partial charge in [-0.05, 0) is 19.3 Å². The zero-order valence-electron chi connectivity index (χ0n) is 37.0. The molecule has 3 atom stereocenters. The number of hydrogen-bond donors (Lipinski definition) is 1. The van der Waals surface area contributed by atoms with Gasteiger partial charge < -0.3 is 33.6 Å². The van der Waals surface area contributed by atoms with E-state index in [9.17, 15) is 38.1 Å². The van der Waals surface area contributed by atoms with E-state index < -0.39 is 58.4 Å². The van der Waals surface area contributed by atoms with Crippen LogP contribution in [0.5, 0.6) is 0 Å². The van der Waals surface area contributed by atoms with E-state index >= 15 is 0 Å². The van der Waals surface area contributed by atoms with Gasteiger partial charge in [0.25, 0.3) is 0 Å². The Kier molecular flexibility index (Phi) is 45.8. The van der Waals surface area contributed by atoms with Crippen LogP contribution < -0.4 is 74.6 Å². The molecule has 13 nitrogen and oxygen atoms in total. The number of hydrogen-bond acceptors (Lipinski definition) is 13. The predicted octanol–water partition coefficient (Wildman–Crippen LogP) is 4.73. The molecule has 0 amide bonds. The van der Waals surface area contributed by atoms with Gasteiger partial charge >= 0.3 is 98.6 Å². The van der Waals surface area contributed by atoms with Crippen LogP contribution in [0, 0.1) is 0 Å². The van der Waals surface area contributed by atoms with Crippen molar-refractivity contribution in [1.82, 2.24) is 0 Å². The molecule has 0 spiro atoms. The van der Waals surface area contributed by atoms with Crippen molar-refractivity contribution in [2.24, 2.45) is 5.73 Å². The largest absolute Gasteiger partial charge is 1.00 e. The number of rotatable bonds is 40. The van der Waals surface area contributed by atoms with Crippen LogP contribution >= 0.6 is 15.6 Å². The smallest absolute Gasteiger partial charge is 0.736 e. The molecule has 0 saturated carbocycles. The number of nitrogens with two attached hydrogens (primary N) is 1. The first-order chi connectivity index (χ1) is 26.8. The summed E-state index contributed by atoms with van der Waals surface area (Å²) in [6.07, 6.45) is 32.6. The van der Waals surface area contributed by atoms with Gasteiger partial charge in [-0.25, -0.2) is 9.13 Å². The average Bonchev–Trinajstić information content (AvgIpc) is 3.12. The van der Waals surface area contributed by atoms with Crippen LogP contribution in [0.1, 0.15) is 232 Å². The Hall–Kier alpha value is 0.220. The summed E-state index contributed by atoms with van der Waals surface area (Å²) in [5.41, 5.74) is 5.58. The summed E-state index contributed by atoms with van der Waals surface area (Å²) in [7, 11) is -10.7. The quantitative estimate of drug-likeness (QED) is 0.0502. The fraction of sp³-hybridized carbons (Fsp3) is 0.902. The van der Waals surface area contributed by atoms with E-state index in [0.717, 1.165) is 51.4 Å². The van der Waals surface area contributed by atoms with Crippen molar-refractivity contribution in [2.45, 2.75) is 238 Å². The monoisotopic (exact) mass is 883 g/mol. The molecule has 330 valence electrons. The number of phosphoric acid groups is 2. The van der Waals surface area contributed by atoms with Gasteiger partial charge in [0.05, 0.1) is 0 Å². The summed E-state index contributed by atoms with van der Waals surface area (Å²) in [6.45, 7) is 4.45. The zero-order valence-corrected chi connectivity index (χ0v) is 42.8. The predicted molar refractivity (Wildman–Crippen MR) is 216 cm³/mol. The van der Waals surface area contributed by atoms with Crippen molar-refractivity contribution in [3.63, 3.8) is 0 Å². The third-order valence-corrected chi connectivity index (χ3v) is 11.5. The first-order valence-electron chi connectivity index (χ1n) is 22.1. The molecule has 0 aliphatic carbocycles. The molecule has 0 bridgehead atoms. The molecule has 2 unspecified atom stereocenters. The number of unbranched alkanes of at least 4 members (excludes halogenated alkanes) is 28. The maximum Gasteiger partial charge on any atom is 1.00 e. The fourth-order valence-electron chi connectivity index (χ4n) is 6.40. The van der Waals surface area contributed by atoms with Crippen molar-refractivity contribution in [1.29, 1.82) is 0 Å². The van der Waals surface area contributed by atoms with E-state index in [-0.39, 0.29) is 72.0 Å². The van der Waals surface area contributed by atoms with Crippen LogP contribution in [-0.4, -0.2) is 29.9 Å². The molecule has 0 aliphatic rings. The van der Waals surface area contributed by atoms with Gasteiger partial charge in [-0.15, -0.1) is 0 Å². The molecule has 0 rings (SSSR count). The Bertz CT molecular complexity index is 1130. The summed E-state index contributed by atoms with van der Waals surface area (Å²) in [4.78, 5) is 72.1. The summed E-state index contributed by atoms with van der Waals surface area (Å²) >= 11 is 0. The maximum absolute atomic E-state index is 12.1. The van der Waals surface area contributed by atoms with Crippen LogP contribution in [-0.2, 0) is 46.4 Å². The zero-order chi connectivity index (χ0) is 41.8. The van der Waals surface area contributed by atoms with Crippen molar-refractivity contribution in [3.8, 4) is 0 Å². The van der Waals surface area contributed by atoms with Gasteiger partial charge in [-0.1, -0.05) is 194 Å². The Morgan fingerprint density at radius 3 is 0.914 bits per heavy atom. The maximum atomic E-state index is 12.1. The second-order valence-electron chi connectivity index (χ2n) is 15.2. The Balaban J connectivity index is -0.0000151. The first kappa shape index (κ1) is 62.5. The van der Waals surface area contributed by atoms with Crippen LogP contribution in [0.15, 0.2) is 0 Å². The first-order valence-corrected chi connectivity index (χ1v) is 25.0. The van der Waals surface area contributed by atoms with E-state index in [2.05, 4.69) is 31.9 Å². The molecule has 0 fully saturated rings. The summed E-state index contributed by atoms with van der Waals surface area (Å²) < 4.78 is 41.2. The minimum absolute atomic E-state index is 0. The Morgan fingerprint density at radius 1 is 0.414 bits per heavy atom. The van der Waals surface area contributed by atoms with Gasteiger partial charge in [0, 0.05) is 19.3 Å². The SMILES string of the molecule is CCCCCCCCCCCCCCCCCC(=O)OP(=O)([O-])OC(=O)CC[C@H](N)C(=O)OP(=O)([O-])OC(=O)CCCCCCCCCCCCCCCCC.[Na+].[Na+]. The normalized spacial score (nSPS) is 13.5. The van der Waals surface area contributed by atoms with Crippen LogP contribution in [0.3, 0.4) is 0 Å². The van der Waals surface area contributed by atoms with Crippen molar-refractivity contribution in [3.05, 3.63) is 0 Å².